The number of rotatable bonds is 2. The number of hydrogen-bond acceptors (Lipinski definition) is 3. The Morgan fingerprint density at radius 1 is 1.00 bits per heavy atom. The lowest BCUT2D eigenvalue weighted by molar-refractivity contribution is -0.123. The number of carboxylic acid groups (broad SMARTS) is 1. The number of benzene rings is 1. The lowest BCUT2D eigenvalue weighted by Crippen LogP contribution is -2.37. The summed E-state index contributed by atoms with van der Waals surface area (Å²) in [5.41, 5.74) is 0.505. The van der Waals surface area contributed by atoms with Gasteiger partial charge in [0.15, 0.2) is 0 Å². The molecule has 7 heteroatoms. The quantitative estimate of drug-likeness (QED) is 0.654. The molecule has 3 fully saturated rings. The molecule has 3 aliphatic rings. The number of carboxylic acids is 1. The van der Waals surface area contributed by atoms with E-state index in [1.165, 1.54) is 29.2 Å². The van der Waals surface area contributed by atoms with Crippen LogP contribution in [0, 0.1) is 23.7 Å². The SMILES string of the molecule is O=C(O)c1ccc(N2C(=O)[C@@H]3[C@@H]4C[C@H]([C@H](Cl)[C@@H]4Cl)[C@@H]3C2=O)cc1. The van der Waals surface area contributed by atoms with E-state index >= 15 is 0 Å². The summed E-state index contributed by atoms with van der Waals surface area (Å²) in [5.74, 6) is -2.47. The number of imide groups is 1. The van der Waals surface area contributed by atoms with E-state index in [1.54, 1.807) is 0 Å². The van der Waals surface area contributed by atoms with Crippen LogP contribution in [0.4, 0.5) is 5.69 Å². The summed E-state index contributed by atoms with van der Waals surface area (Å²) in [6.45, 7) is 0. The molecule has 1 N–H and O–H groups in total. The summed E-state index contributed by atoms with van der Waals surface area (Å²) >= 11 is 12.6. The van der Waals surface area contributed by atoms with Crippen LogP contribution in [0.1, 0.15) is 16.8 Å². The molecule has 120 valence electrons. The molecule has 0 spiro atoms. The summed E-state index contributed by atoms with van der Waals surface area (Å²) in [7, 11) is 0. The average molecular weight is 354 g/mol. The second-order valence-electron chi connectivity index (χ2n) is 6.37. The molecule has 1 heterocycles. The third kappa shape index (κ3) is 1.90. The molecule has 1 saturated heterocycles. The van der Waals surface area contributed by atoms with E-state index in [9.17, 15) is 14.4 Å². The van der Waals surface area contributed by atoms with Gasteiger partial charge in [-0.3, -0.25) is 14.5 Å². The number of alkyl halides is 2. The average Bonchev–Trinajstić information content (AvgIpc) is 3.12. The number of carbonyl (C=O) groups excluding carboxylic acids is 2. The van der Waals surface area contributed by atoms with Crippen molar-refractivity contribution in [2.45, 2.75) is 17.2 Å². The Labute approximate surface area is 142 Å². The van der Waals surface area contributed by atoms with Crippen molar-refractivity contribution < 1.29 is 19.5 Å². The molecule has 4 rings (SSSR count). The van der Waals surface area contributed by atoms with Crippen molar-refractivity contribution in [2.75, 3.05) is 4.90 Å². The van der Waals surface area contributed by atoms with Gasteiger partial charge in [0.1, 0.15) is 0 Å². The Bertz CT molecular complexity index is 687. The van der Waals surface area contributed by atoms with Gasteiger partial charge in [-0.2, -0.15) is 0 Å². The zero-order valence-corrected chi connectivity index (χ0v) is 13.4. The molecule has 2 saturated carbocycles. The number of nitrogens with zero attached hydrogens (tertiary/aromatic N) is 1. The van der Waals surface area contributed by atoms with Gasteiger partial charge in [0.05, 0.1) is 33.8 Å². The van der Waals surface area contributed by atoms with Crippen molar-refractivity contribution in [3.8, 4) is 0 Å². The Balaban J connectivity index is 1.68. The fourth-order valence-corrected chi connectivity index (χ4v) is 5.25. The lowest BCUT2D eigenvalue weighted by atomic mass is 9.80. The fraction of sp³-hybridized carbons (Fsp3) is 0.438. The number of carbonyl (C=O) groups is 3. The van der Waals surface area contributed by atoms with Gasteiger partial charge in [-0.15, -0.1) is 23.2 Å². The van der Waals surface area contributed by atoms with Crippen LogP contribution in [-0.4, -0.2) is 33.6 Å². The van der Waals surface area contributed by atoms with Crippen LogP contribution >= 0.6 is 23.2 Å². The van der Waals surface area contributed by atoms with E-state index in [0.717, 1.165) is 6.42 Å². The monoisotopic (exact) mass is 353 g/mol. The molecular weight excluding hydrogens is 341 g/mol. The standard InChI is InChI=1S/C16H13Cl2NO4/c17-12-8-5-9(13(12)18)11-10(8)14(20)19(15(11)21)7-3-1-6(2-4-7)16(22)23/h1-4,8-13H,5H2,(H,22,23)/t8-,9-,10-,11+,12-,13+/m0/s1. The maximum absolute atomic E-state index is 12.7. The highest BCUT2D eigenvalue weighted by Gasteiger charge is 2.66. The van der Waals surface area contributed by atoms with Crippen molar-refractivity contribution >= 4 is 46.7 Å². The summed E-state index contributed by atoms with van der Waals surface area (Å²) in [6.07, 6.45) is 0.723. The molecular formula is C16H13Cl2NO4. The Morgan fingerprint density at radius 2 is 1.48 bits per heavy atom. The first-order valence-corrected chi connectivity index (χ1v) is 8.28. The van der Waals surface area contributed by atoms with Crippen LogP contribution in [0.2, 0.25) is 0 Å². The van der Waals surface area contributed by atoms with Crippen molar-refractivity contribution in [1.82, 2.24) is 0 Å². The predicted octanol–water partition coefficient (Wildman–Crippen LogP) is 2.35. The minimum absolute atomic E-state index is 0.0612. The molecule has 0 unspecified atom stereocenters. The number of hydrogen-bond donors (Lipinski definition) is 1. The van der Waals surface area contributed by atoms with Gasteiger partial charge in [-0.25, -0.2) is 4.79 Å². The van der Waals surface area contributed by atoms with Gasteiger partial charge < -0.3 is 5.11 Å². The van der Waals surface area contributed by atoms with Crippen LogP contribution in [0.25, 0.3) is 0 Å². The number of halogens is 2. The Kier molecular flexibility index (Phi) is 3.22. The van der Waals surface area contributed by atoms with E-state index in [4.69, 9.17) is 28.3 Å². The minimum atomic E-state index is -1.06. The maximum atomic E-state index is 12.7. The molecule has 6 atom stereocenters. The highest BCUT2D eigenvalue weighted by molar-refractivity contribution is 6.32. The van der Waals surface area contributed by atoms with E-state index in [1.807, 2.05) is 0 Å². The molecule has 23 heavy (non-hydrogen) atoms. The van der Waals surface area contributed by atoms with Crippen molar-refractivity contribution in [3.05, 3.63) is 29.8 Å². The van der Waals surface area contributed by atoms with E-state index in [-0.39, 0.29) is 40.0 Å². The second-order valence-corrected chi connectivity index (χ2v) is 7.38. The van der Waals surface area contributed by atoms with Gasteiger partial charge in [-0.1, -0.05) is 0 Å². The number of amides is 2. The number of aromatic carboxylic acids is 1. The van der Waals surface area contributed by atoms with E-state index < -0.39 is 17.8 Å². The van der Waals surface area contributed by atoms with Gasteiger partial charge in [-0.05, 0) is 42.5 Å². The molecule has 0 radical (unpaired) electrons. The van der Waals surface area contributed by atoms with Crippen molar-refractivity contribution in [3.63, 3.8) is 0 Å². The molecule has 2 amide bonds. The van der Waals surface area contributed by atoms with Crippen molar-refractivity contribution in [2.24, 2.45) is 23.7 Å². The molecule has 0 aromatic heterocycles. The van der Waals surface area contributed by atoms with E-state index in [0.29, 0.717) is 5.69 Å². The summed E-state index contributed by atoms with van der Waals surface area (Å²) in [6, 6.07) is 5.74. The third-order valence-electron chi connectivity index (χ3n) is 5.36. The van der Waals surface area contributed by atoms with Gasteiger partial charge in [0.2, 0.25) is 11.8 Å². The first-order chi connectivity index (χ1) is 10.9. The Hall–Kier alpha value is -1.59. The molecule has 1 aliphatic heterocycles. The fourth-order valence-electron chi connectivity index (χ4n) is 4.36. The zero-order chi connectivity index (χ0) is 16.5. The summed E-state index contributed by atoms with van der Waals surface area (Å²) < 4.78 is 0. The first-order valence-electron chi connectivity index (χ1n) is 7.41. The number of fused-ring (bicyclic) bond motifs is 5. The first kappa shape index (κ1) is 15.0. The molecule has 1 aromatic rings. The Morgan fingerprint density at radius 3 is 1.91 bits per heavy atom. The molecule has 2 aliphatic carbocycles. The van der Waals surface area contributed by atoms with Crippen LogP contribution in [0.3, 0.4) is 0 Å². The molecule has 1 aromatic carbocycles. The normalized spacial score (nSPS) is 38.3. The predicted molar refractivity (Wildman–Crippen MR) is 83.8 cm³/mol. The number of anilines is 1. The minimum Gasteiger partial charge on any atom is -0.478 e. The third-order valence-corrected chi connectivity index (χ3v) is 6.68. The van der Waals surface area contributed by atoms with Crippen molar-refractivity contribution in [1.29, 1.82) is 0 Å². The van der Waals surface area contributed by atoms with Gasteiger partial charge >= 0.3 is 5.97 Å². The van der Waals surface area contributed by atoms with E-state index in [2.05, 4.69) is 0 Å². The molecule has 5 nitrogen and oxygen atoms in total. The maximum Gasteiger partial charge on any atom is 0.335 e. The van der Waals surface area contributed by atoms with Crippen LogP contribution in [-0.2, 0) is 9.59 Å². The van der Waals surface area contributed by atoms with Gasteiger partial charge in [0.25, 0.3) is 0 Å². The molecule has 2 bridgehead atoms. The highest BCUT2D eigenvalue weighted by Crippen LogP contribution is 2.59. The largest absolute Gasteiger partial charge is 0.478 e. The summed E-state index contributed by atoms with van der Waals surface area (Å²) in [5, 5.41) is 8.37. The zero-order valence-electron chi connectivity index (χ0n) is 11.9. The van der Waals surface area contributed by atoms with Crippen LogP contribution in [0.15, 0.2) is 24.3 Å². The van der Waals surface area contributed by atoms with Gasteiger partial charge in [0, 0.05) is 0 Å². The lowest BCUT2D eigenvalue weighted by Gasteiger charge is -2.28. The summed E-state index contributed by atoms with van der Waals surface area (Å²) in [4.78, 5) is 37.6. The van der Waals surface area contributed by atoms with Crippen LogP contribution < -0.4 is 4.90 Å². The smallest absolute Gasteiger partial charge is 0.335 e. The van der Waals surface area contributed by atoms with Crippen LogP contribution in [0.5, 0.6) is 0 Å². The highest BCUT2D eigenvalue weighted by atomic mass is 35.5. The topological polar surface area (TPSA) is 74.7 Å². The second kappa shape index (κ2) is 4.95.